The molecule has 0 aliphatic rings. The zero-order chi connectivity index (χ0) is 14.1. The molecule has 0 aliphatic heterocycles. The third kappa shape index (κ3) is 5.20. The van der Waals surface area contributed by atoms with Crippen molar-refractivity contribution in [3.05, 3.63) is 22.2 Å². The van der Waals surface area contributed by atoms with Crippen LogP contribution in [0.25, 0.3) is 0 Å². The fourth-order valence-electron chi connectivity index (χ4n) is 1.46. The predicted octanol–water partition coefficient (Wildman–Crippen LogP) is 3.47. The van der Waals surface area contributed by atoms with E-state index in [2.05, 4.69) is 22.9 Å². The monoisotopic (exact) mass is 330 g/mol. The summed E-state index contributed by atoms with van der Waals surface area (Å²) in [5, 5.41) is 0. The molecule has 19 heavy (non-hydrogen) atoms. The number of unbranched alkanes of at least 4 members (excludes halogenated alkanes) is 1. The van der Waals surface area contributed by atoms with Crippen LogP contribution in [0.5, 0.6) is 11.5 Å². The Labute approximate surface area is 122 Å². The summed E-state index contributed by atoms with van der Waals surface area (Å²) in [5.41, 5.74) is 0.509. The van der Waals surface area contributed by atoms with Crippen molar-refractivity contribution < 1.29 is 19.0 Å². The summed E-state index contributed by atoms with van der Waals surface area (Å²) in [5.74, 6) is 1.20. The molecule has 0 spiro atoms. The van der Waals surface area contributed by atoms with Crippen LogP contribution in [0.15, 0.2) is 16.6 Å². The molecular weight excluding hydrogens is 312 g/mol. The predicted molar refractivity (Wildman–Crippen MR) is 77.3 cm³/mol. The number of halogens is 1. The van der Waals surface area contributed by atoms with Gasteiger partial charge in [-0.15, -0.1) is 0 Å². The smallest absolute Gasteiger partial charge is 0.154 e. The molecule has 106 valence electrons. The number of ether oxygens (including phenoxy) is 3. The highest BCUT2D eigenvalue weighted by Crippen LogP contribution is 2.31. The maximum Gasteiger partial charge on any atom is 0.154 e. The first-order valence-corrected chi connectivity index (χ1v) is 7.05. The maximum atomic E-state index is 11.1. The number of benzene rings is 1. The zero-order valence-corrected chi connectivity index (χ0v) is 12.9. The average molecular weight is 331 g/mol. The number of aldehydes is 1. The molecule has 0 bridgehead atoms. The summed E-state index contributed by atoms with van der Waals surface area (Å²) in [6, 6.07) is 3.49. The van der Waals surface area contributed by atoms with Gasteiger partial charge in [-0.3, -0.25) is 4.79 Å². The van der Waals surface area contributed by atoms with Gasteiger partial charge in [0.05, 0.1) is 18.8 Å². The Hall–Kier alpha value is -1.07. The van der Waals surface area contributed by atoms with Crippen molar-refractivity contribution in [3.8, 4) is 11.5 Å². The van der Waals surface area contributed by atoms with Crippen molar-refractivity contribution in [3.63, 3.8) is 0 Å². The molecular formula is C14H19BrO4. The normalized spacial score (nSPS) is 10.3. The molecule has 0 saturated heterocycles. The van der Waals surface area contributed by atoms with E-state index >= 15 is 0 Å². The lowest BCUT2D eigenvalue weighted by atomic mass is 10.2. The van der Waals surface area contributed by atoms with Crippen LogP contribution in [0, 0.1) is 0 Å². The Balaban J connectivity index is 2.81. The lowest BCUT2D eigenvalue weighted by Gasteiger charge is -2.12. The molecule has 4 nitrogen and oxygen atoms in total. The van der Waals surface area contributed by atoms with E-state index in [9.17, 15) is 4.79 Å². The minimum Gasteiger partial charge on any atom is -0.493 e. The van der Waals surface area contributed by atoms with Crippen molar-refractivity contribution >= 4 is 22.2 Å². The molecule has 0 N–H and O–H groups in total. The van der Waals surface area contributed by atoms with E-state index in [1.807, 2.05) is 0 Å². The molecule has 0 saturated carbocycles. The SMILES string of the molecule is CCCCOc1cc(OCCOC)cc(Br)c1C=O. The lowest BCUT2D eigenvalue weighted by Crippen LogP contribution is -2.06. The van der Waals surface area contributed by atoms with Gasteiger partial charge in [0.15, 0.2) is 6.29 Å². The third-order valence-electron chi connectivity index (χ3n) is 2.49. The van der Waals surface area contributed by atoms with Crippen molar-refractivity contribution in [2.45, 2.75) is 19.8 Å². The van der Waals surface area contributed by atoms with Crippen LogP contribution in [-0.2, 0) is 4.74 Å². The minimum atomic E-state index is 0.456. The van der Waals surface area contributed by atoms with E-state index in [1.54, 1.807) is 19.2 Å². The maximum absolute atomic E-state index is 11.1. The van der Waals surface area contributed by atoms with Crippen LogP contribution in [0.4, 0.5) is 0 Å². The highest BCUT2D eigenvalue weighted by atomic mass is 79.9. The van der Waals surface area contributed by atoms with Gasteiger partial charge in [-0.05, 0) is 28.4 Å². The topological polar surface area (TPSA) is 44.8 Å². The summed E-state index contributed by atoms with van der Waals surface area (Å²) < 4.78 is 16.7. The number of carbonyl (C=O) groups excluding carboxylic acids is 1. The van der Waals surface area contributed by atoms with Crippen molar-refractivity contribution in [2.75, 3.05) is 26.9 Å². The van der Waals surface area contributed by atoms with Crippen LogP contribution in [-0.4, -0.2) is 33.2 Å². The van der Waals surface area contributed by atoms with Gasteiger partial charge in [-0.1, -0.05) is 13.3 Å². The molecule has 1 aromatic carbocycles. The Morgan fingerprint density at radius 3 is 2.63 bits per heavy atom. The molecule has 0 aliphatic carbocycles. The van der Waals surface area contributed by atoms with Gasteiger partial charge in [-0.2, -0.15) is 0 Å². The van der Waals surface area contributed by atoms with Gasteiger partial charge in [0.2, 0.25) is 0 Å². The second-order valence-corrected chi connectivity index (χ2v) is 4.83. The fraction of sp³-hybridized carbons (Fsp3) is 0.500. The number of hydrogen-bond donors (Lipinski definition) is 0. The molecule has 0 amide bonds. The van der Waals surface area contributed by atoms with E-state index in [-0.39, 0.29) is 0 Å². The summed E-state index contributed by atoms with van der Waals surface area (Å²) in [6.07, 6.45) is 2.77. The summed E-state index contributed by atoms with van der Waals surface area (Å²) in [6.45, 7) is 3.65. The van der Waals surface area contributed by atoms with E-state index < -0.39 is 0 Å². The largest absolute Gasteiger partial charge is 0.493 e. The second kappa shape index (κ2) is 8.93. The quantitative estimate of drug-likeness (QED) is 0.513. The van der Waals surface area contributed by atoms with Gasteiger partial charge in [-0.25, -0.2) is 0 Å². The number of methoxy groups -OCH3 is 1. The van der Waals surface area contributed by atoms with E-state index in [0.717, 1.165) is 19.1 Å². The van der Waals surface area contributed by atoms with Crippen LogP contribution >= 0.6 is 15.9 Å². The molecule has 0 fully saturated rings. The highest BCUT2D eigenvalue weighted by molar-refractivity contribution is 9.10. The standard InChI is InChI=1S/C14H19BrO4/c1-3-4-5-19-14-9-11(18-7-6-17-2)8-13(15)12(14)10-16/h8-10H,3-7H2,1-2H3. The Kier molecular flexibility index (Phi) is 7.52. The first kappa shape index (κ1) is 16.0. The molecule has 1 rings (SSSR count). The molecule has 0 aromatic heterocycles. The average Bonchev–Trinajstić information content (AvgIpc) is 2.39. The number of hydrogen-bond acceptors (Lipinski definition) is 4. The Bertz CT molecular complexity index is 407. The Morgan fingerprint density at radius 2 is 2.00 bits per heavy atom. The lowest BCUT2D eigenvalue weighted by molar-refractivity contribution is 0.111. The molecule has 1 aromatic rings. The summed E-state index contributed by atoms with van der Waals surface area (Å²) >= 11 is 3.35. The van der Waals surface area contributed by atoms with Gasteiger partial charge < -0.3 is 14.2 Å². The molecule has 5 heteroatoms. The third-order valence-corrected chi connectivity index (χ3v) is 3.15. The highest BCUT2D eigenvalue weighted by Gasteiger charge is 2.11. The first-order valence-electron chi connectivity index (χ1n) is 6.26. The fourth-order valence-corrected chi connectivity index (χ4v) is 1.97. The first-order chi connectivity index (χ1) is 9.22. The molecule has 0 unspecified atom stereocenters. The van der Waals surface area contributed by atoms with Crippen molar-refractivity contribution in [2.24, 2.45) is 0 Å². The number of carbonyl (C=O) groups is 1. The van der Waals surface area contributed by atoms with Gasteiger partial charge in [0, 0.05) is 17.6 Å². The van der Waals surface area contributed by atoms with E-state index in [4.69, 9.17) is 14.2 Å². The van der Waals surface area contributed by atoms with Crippen LogP contribution in [0.3, 0.4) is 0 Å². The Morgan fingerprint density at radius 1 is 1.21 bits per heavy atom. The molecule has 0 heterocycles. The van der Waals surface area contributed by atoms with Gasteiger partial charge in [0.1, 0.15) is 18.1 Å². The van der Waals surface area contributed by atoms with Crippen LogP contribution in [0.2, 0.25) is 0 Å². The number of rotatable bonds is 9. The summed E-state index contributed by atoms with van der Waals surface area (Å²) in [4.78, 5) is 11.1. The molecule has 0 atom stereocenters. The van der Waals surface area contributed by atoms with Crippen LogP contribution < -0.4 is 9.47 Å². The van der Waals surface area contributed by atoms with Gasteiger partial charge >= 0.3 is 0 Å². The van der Waals surface area contributed by atoms with Gasteiger partial charge in [0.25, 0.3) is 0 Å². The zero-order valence-electron chi connectivity index (χ0n) is 11.3. The second-order valence-electron chi connectivity index (χ2n) is 3.98. The van der Waals surface area contributed by atoms with Crippen LogP contribution in [0.1, 0.15) is 30.1 Å². The van der Waals surface area contributed by atoms with E-state index in [1.165, 1.54) is 0 Å². The van der Waals surface area contributed by atoms with Crippen molar-refractivity contribution in [1.82, 2.24) is 0 Å². The van der Waals surface area contributed by atoms with E-state index in [0.29, 0.717) is 41.4 Å². The molecule has 0 radical (unpaired) electrons. The minimum absolute atomic E-state index is 0.456. The summed E-state index contributed by atoms with van der Waals surface area (Å²) in [7, 11) is 1.62. The van der Waals surface area contributed by atoms with Crippen molar-refractivity contribution in [1.29, 1.82) is 0 Å².